The van der Waals surface area contributed by atoms with Crippen LogP contribution < -0.4 is 5.32 Å². The fourth-order valence-electron chi connectivity index (χ4n) is 2.85. The van der Waals surface area contributed by atoms with Gasteiger partial charge in [-0.2, -0.15) is 0 Å². The average molecular weight is 351 g/mol. The summed E-state index contributed by atoms with van der Waals surface area (Å²) in [4.78, 5) is 29.2. The smallest absolute Gasteiger partial charge is 0.338 e. The van der Waals surface area contributed by atoms with Crippen molar-refractivity contribution in [3.63, 3.8) is 0 Å². The molecule has 3 rings (SSSR count). The molecule has 0 spiro atoms. The molecule has 1 amide bonds. The summed E-state index contributed by atoms with van der Waals surface area (Å²) in [6, 6.07) is 14.3. The van der Waals surface area contributed by atoms with Crippen molar-refractivity contribution in [2.24, 2.45) is 0 Å². The van der Waals surface area contributed by atoms with Gasteiger partial charge in [0.25, 0.3) is 5.91 Å². The zero-order chi connectivity index (χ0) is 18.5. The largest absolute Gasteiger partial charge is 0.465 e. The lowest BCUT2D eigenvalue weighted by molar-refractivity contribution is 0.0597. The van der Waals surface area contributed by atoms with Crippen LogP contribution in [-0.2, 0) is 11.3 Å². The molecule has 0 fully saturated rings. The average Bonchev–Trinajstić information content (AvgIpc) is 3.02. The van der Waals surface area contributed by atoms with Crippen molar-refractivity contribution < 1.29 is 14.3 Å². The molecule has 3 aromatic rings. The normalized spacial score (nSPS) is 10.7. The van der Waals surface area contributed by atoms with Crippen molar-refractivity contribution in [3.05, 3.63) is 59.7 Å². The van der Waals surface area contributed by atoms with E-state index in [9.17, 15) is 9.59 Å². The highest BCUT2D eigenvalue weighted by atomic mass is 16.5. The van der Waals surface area contributed by atoms with E-state index in [1.165, 1.54) is 7.11 Å². The Balaban J connectivity index is 1.96. The monoisotopic (exact) mass is 351 g/mol. The van der Waals surface area contributed by atoms with Crippen LogP contribution in [0.2, 0.25) is 0 Å². The van der Waals surface area contributed by atoms with E-state index in [2.05, 4.69) is 17.2 Å². The van der Waals surface area contributed by atoms with Crippen molar-refractivity contribution in [1.82, 2.24) is 9.55 Å². The molecule has 6 nitrogen and oxygen atoms in total. The number of rotatable bonds is 6. The quantitative estimate of drug-likeness (QED) is 0.684. The van der Waals surface area contributed by atoms with Crippen molar-refractivity contribution in [2.75, 3.05) is 12.4 Å². The van der Waals surface area contributed by atoms with Gasteiger partial charge in [0.05, 0.1) is 29.3 Å². The van der Waals surface area contributed by atoms with E-state index in [1.54, 1.807) is 24.3 Å². The molecule has 0 aliphatic carbocycles. The number of fused-ring (bicyclic) bond motifs is 1. The van der Waals surface area contributed by atoms with Crippen LogP contribution >= 0.6 is 0 Å². The van der Waals surface area contributed by atoms with E-state index in [1.807, 2.05) is 28.8 Å². The Morgan fingerprint density at radius 3 is 2.50 bits per heavy atom. The van der Waals surface area contributed by atoms with Gasteiger partial charge in [-0.15, -0.1) is 0 Å². The fraction of sp³-hybridized carbons (Fsp3) is 0.250. The van der Waals surface area contributed by atoms with E-state index in [0.717, 1.165) is 30.4 Å². The van der Waals surface area contributed by atoms with E-state index < -0.39 is 5.97 Å². The van der Waals surface area contributed by atoms with E-state index in [4.69, 9.17) is 4.74 Å². The van der Waals surface area contributed by atoms with Crippen molar-refractivity contribution in [2.45, 2.75) is 26.3 Å². The lowest BCUT2D eigenvalue weighted by Gasteiger charge is -2.11. The number of nitrogens with zero attached hydrogens (tertiary/aromatic N) is 2. The third-order valence-electron chi connectivity index (χ3n) is 4.19. The number of nitrogens with one attached hydrogen (secondary N) is 1. The summed E-state index contributed by atoms with van der Waals surface area (Å²) >= 11 is 0. The highest BCUT2D eigenvalue weighted by molar-refractivity contribution is 6.10. The Kier molecular flexibility index (Phi) is 5.31. The number of anilines is 1. The number of amides is 1. The first kappa shape index (κ1) is 17.7. The number of para-hydroxylation sites is 2. The maximum absolute atomic E-state index is 12.8. The highest BCUT2D eigenvalue weighted by Gasteiger charge is 2.19. The molecule has 1 heterocycles. The minimum Gasteiger partial charge on any atom is -0.465 e. The number of hydrogen-bond donors (Lipinski definition) is 1. The summed E-state index contributed by atoms with van der Waals surface area (Å²) in [5, 5.41) is 2.85. The second-order valence-corrected chi connectivity index (χ2v) is 5.92. The Morgan fingerprint density at radius 1 is 1.08 bits per heavy atom. The molecular weight excluding hydrogens is 330 g/mol. The predicted molar refractivity (Wildman–Crippen MR) is 100 cm³/mol. The van der Waals surface area contributed by atoms with Gasteiger partial charge in [-0.1, -0.05) is 37.6 Å². The van der Waals surface area contributed by atoms with Crippen molar-refractivity contribution in [1.29, 1.82) is 0 Å². The topological polar surface area (TPSA) is 73.2 Å². The number of ether oxygens (including phenoxy) is 1. The Hall–Kier alpha value is -3.15. The molecule has 6 heteroatoms. The zero-order valence-corrected chi connectivity index (χ0v) is 14.9. The lowest BCUT2D eigenvalue weighted by Crippen LogP contribution is -2.19. The van der Waals surface area contributed by atoms with Crippen LogP contribution in [0.4, 0.5) is 5.95 Å². The van der Waals surface area contributed by atoms with Crippen LogP contribution in [0, 0.1) is 0 Å². The third kappa shape index (κ3) is 3.44. The number of methoxy groups -OCH3 is 1. The summed E-state index contributed by atoms with van der Waals surface area (Å²) in [6.07, 6.45) is 2.01. The number of imidazole rings is 1. The molecule has 26 heavy (non-hydrogen) atoms. The van der Waals surface area contributed by atoms with E-state index in [0.29, 0.717) is 5.95 Å². The molecule has 0 aliphatic rings. The summed E-state index contributed by atoms with van der Waals surface area (Å²) in [5.41, 5.74) is 2.27. The number of unbranched alkanes of at least 4 members (excludes halogenated alkanes) is 1. The van der Waals surface area contributed by atoms with Crippen LogP contribution in [0.3, 0.4) is 0 Å². The van der Waals surface area contributed by atoms with E-state index in [-0.39, 0.29) is 17.0 Å². The molecule has 134 valence electrons. The van der Waals surface area contributed by atoms with Crippen LogP contribution in [0.5, 0.6) is 0 Å². The summed E-state index contributed by atoms with van der Waals surface area (Å²) in [6.45, 7) is 2.87. The number of hydrogen-bond acceptors (Lipinski definition) is 4. The van der Waals surface area contributed by atoms with Crippen LogP contribution in [-0.4, -0.2) is 28.5 Å². The van der Waals surface area contributed by atoms with Gasteiger partial charge in [-0.25, -0.2) is 9.78 Å². The number of carbonyl (C=O) groups is 2. The number of aromatic nitrogens is 2. The molecule has 0 radical (unpaired) electrons. The minimum absolute atomic E-state index is 0.226. The van der Waals surface area contributed by atoms with Crippen molar-refractivity contribution in [3.8, 4) is 0 Å². The highest BCUT2D eigenvalue weighted by Crippen LogP contribution is 2.21. The lowest BCUT2D eigenvalue weighted by atomic mass is 10.1. The van der Waals surface area contributed by atoms with Gasteiger partial charge in [0.15, 0.2) is 0 Å². The molecule has 2 aromatic carbocycles. The molecule has 0 atom stereocenters. The zero-order valence-electron chi connectivity index (χ0n) is 14.9. The van der Waals surface area contributed by atoms with E-state index >= 15 is 0 Å². The van der Waals surface area contributed by atoms with Crippen molar-refractivity contribution >= 4 is 28.9 Å². The van der Waals surface area contributed by atoms with Gasteiger partial charge >= 0.3 is 5.97 Å². The number of esters is 1. The first-order valence-electron chi connectivity index (χ1n) is 8.59. The van der Waals surface area contributed by atoms with Crippen LogP contribution in [0.15, 0.2) is 48.5 Å². The maximum atomic E-state index is 12.8. The molecular formula is C20H21N3O3. The summed E-state index contributed by atoms with van der Waals surface area (Å²) in [7, 11) is 1.29. The SMILES string of the molecule is CCCCn1c(NC(=O)c2ccccc2C(=O)OC)nc2ccccc21. The Morgan fingerprint density at radius 2 is 1.77 bits per heavy atom. The van der Waals surface area contributed by atoms with Gasteiger partial charge in [-0.3, -0.25) is 10.1 Å². The predicted octanol–water partition coefficient (Wildman–Crippen LogP) is 3.88. The van der Waals surface area contributed by atoms with Crippen LogP contribution in [0.1, 0.15) is 40.5 Å². The molecule has 1 aromatic heterocycles. The first-order valence-corrected chi connectivity index (χ1v) is 8.59. The van der Waals surface area contributed by atoms with Crippen LogP contribution in [0.25, 0.3) is 11.0 Å². The van der Waals surface area contributed by atoms with Gasteiger partial charge in [0.2, 0.25) is 5.95 Å². The second kappa shape index (κ2) is 7.82. The maximum Gasteiger partial charge on any atom is 0.338 e. The number of aryl methyl sites for hydroxylation is 1. The molecule has 0 saturated heterocycles. The molecule has 0 saturated carbocycles. The summed E-state index contributed by atoms with van der Waals surface area (Å²) in [5.74, 6) is -0.460. The van der Waals surface area contributed by atoms with Gasteiger partial charge in [0, 0.05) is 6.54 Å². The van der Waals surface area contributed by atoms with Gasteiger partial charge in [-0.05, 0) is 30.7 Å². The number of benzene rings is 2. The third-order valence-corrected chi connectivity index (χ3v) is 4.19. The standard InChI is InChI=1S/C20H21N3O3/c1-3-4-13-23-17-12-8-7-11-16(17)21-20(23)22-18(24)14-9-5-6-10-15(14)19(25)26-2/h5-12H,3-4,13H2,1-2H3,(H,21,22,24). The first-order chi connectivity index (χ1) is 12.7. The second-order valence-electron chi connectivity index (χ2n) is 5.92. The minimum atomic E-state index is -0.546. The molecule has 0 aliphatic heterocycles. The van der Waals surface area contributed by atoms with Gasteiger partial charge in [0.1, 0.15) is 0 Å². The fourth-order valence-corrected chi connectivity index (χ4v) is 2.85. The molecule has 0 bridgehead atoms. The molecule has 1 N–H and O–H groups in total. The summed E-state index contributed by atoms with van der Waals surface area (Å²) < 4.78 is 6.76. The Labute approximate surface area is 151 Å². The molecule has 0 unspecified atom stereocenters. The van der Waals surface area contributed by atoms with Gasteiger partial charge < -0.3 is 9.30 Å². The number of carbonyl (C=O) groups excluding carboxylic acids is 2. The Bertz CT molecular complexity index is 946.